The number of aryl methyl sites for hydroxylation is 1. The first-order valence-electron chi connectivity index (χ1n) is 8.43. The Kier molecular flexibility index (Phi) is 5.15. The second kappa shape index (κ2) is 7.49. The lowest BCUT2D eigenvalue weighted by Gasteiger charge is -2.24. The van der Waals surface area contributed by atoms with Crippen molar-refractivity contribution in [3.8, 4) is 11.8 Å². The number of Topliss-reactive ketones (excluding diaryl/α,β-unsaturated/α-hetero) is 1. The van der Waals surface area contributed by atoms with Gasteiger partial charge in [-0.3, -0.25) is 14.4 Å². The van der Waals surface area contributed by atoms with Crippen molar-refractivity contribution in [1.29, 1.82) is 5.26 Å². The highest BCUT2D eigenvalue weighted by Gasteiger charge is 2.28. The van der Waals surface area contributed by atoms with Crippen LogP contribution in [-0.2, 0) is 13.6 Å². The number of ketones is 1. The van der Waals surface area contributed by atoms with Crippen LogP contribution in [0.1, 0.15) is 40.7 Å². The van der Waals surface area contributed by atoms with Gasteiger partial charge >= 0.3 is 0 Å². The van der Waals surface area contributed by atoms with E-state index in [9.17, 15) is 4.79 Å². The summed E-state index contributed by atoms with van der Waals surface area (Å²) in [6, 6.07) is 7.85. The summed E-state index contributed by atoms with van der Waals surface area (Å²) in [6.45, 7) is 1.63. The Morgan fingerprint density at radius 3 is 3.00 bits per heavy atom. The fourth-order valence-corrected chi connectivity index (χ4v) is 3.42. The predicted octanol–water partition coefficient (Wildman–Crippen LogP) is 2.54. The van der Waals surface area contributed by atoms with Crippen molar-refractivity contribution >= 4 is 5.78 Å². The molecule has 0 bridgehead atoms. The molecule has 0 aliphatic carbocycles. The topological polar surface area (TPSA) is 71.2 Å². The standard InChI is InChI=1S/C19H22N4O2/c1-22-12-16(11-21-22)18(24)9-17-4-3-7-23(17)13-15-8-14(10-20)5-6-19(15)25-2/h5-6,8,11-12,17H,3-4,7,9,13H2,1-2H3. The van der Waals surface area contributed by atoms with E-state index >= 15 is 0 Å². The van der Waals surface area contributed by atoms with Gasteiger partial charge in [0.2, 0.25) is 0 Å². The summed E-state index contributed by atoms with van der Waals surface area (Å²) in [5.41, 5.74) is 2.28. The minimum atomic E-state index is 0.128. The van der Waals surface area contributed by atoms with E-state index in [1.165, 1.54) is 0 Å². The lowest BCUT2D eigenvalue weighted by molar-refractivity contribution is 0.0938. The van der Waals surface area contributed by atoms with E-state index < -0.39 is 0 Å². The van der Waals surface area contributed by atoms with E-state index in [1.54, 1.807) is 30.3 Å². The van der Waals surface area contributed by atoms with Crippen molar-refractivity contribution in [2.75, 3.05) is 13.7 Å². The van der Waals surface area contributed by atoms with Crippen LogP contribution in [-0.4, -0.2) is 40.2 Å². The number of rotatable bonds is 6. The first kappa shape index (κ1) is 17.2. The molecule has 2 aromatic rings. The third-order valence-corrected chi connectivity index (χ3v) is 4.73. The Bertz CT molecular complexity index is 806. The van der Waals surface area contributed by atoms with E-state index in [0.717, 1.165) is 30.7 Å². The summed E-state index contributed by atoms with van der Waals surface area (Å²) >= 11 is 0. The maximum absolute atomic E-state index is 12.5. The van der Waals surface area contributed by atoms with Crippen molar-refractivity contribution in [1.82, 2.24) is 14.7 Å². The second-order valence-corrected chi connectivity index (χ2v) is 6.43. The zero-order valence-electron chi connectivity index (χ0n) is 14.6. The van der Waals surface area contributed by atoms with Gasteiger partial charge in [0.15, 0.2) is 5.78 Å². The molecule has 3 rings (SSSR count). The summed E-state index contributed by atoms with van der Waals surface area (Å²) in [6.07, 6.45) is 5.96. The van der Waals surface area contributed by atoms with Crippen molar-refractivity contribution < 1.29 is 9.53 Å². The smallest absolute Gasteiger partial charge is 0.167 e. The van der Waals surface area contributed by atoms with Gasteiger partial charge in [-0.2, -0.15) is 10.4 Å². The molecule has 1 aliphatic heterocycles. The predicted molar refractivity (Wildman–Crippen MR) is 93.3 cm³/mol. The van der Waals surface area contributed by atoms with Crippen molar-refractivity contribution in [2.24, 2.45) is 7.05 Å². The first-order valence-corrected chi connectivity index (χ1v) is 8.43. The van der Waals surface area contributed by atoms with Crippen LogP contribution in [0.4, 0.5) is 0 Å². The third-order valence-electron chi connectivity index (χ3n) is 4.73. The van der Waals surface area contributed by atoms with Gasteiger partial charge in [-0.25, -0.2) is 0 Å². The number of hydrogen-bond acceptors (Lipinski definition) is 5. The lowest BCUT2D eigenvalue weighted by atomic mass is 10.0. The normalized spacial score (nSPS) is 17.4. The monoisotopic (exact) mass is 338 g/mol. The maximum Gasteiger partial charge on any atom is 0.167 e. The molecule has 0 amide bonds. The van der Waals surface area contributed by atoms with Crippen LogP contribution in [0.25, 0.3) is 0 Å². The highest BCUT2D eigenvalue weighted by Crippen LogP contribution is 2.28. The molecule has 1 atom stereocenters. The summed E-state index contributed by atoms with van der Waals surface area (Å²) < 4.78 is 7.08. The fourth-order valence-electron chi connectivity index (χ4n) is 3.42. The SMILES string of the molecule is COc1ccc(C#N)cc1CN1CCCC1CC(=O)c1cnn(C)c1. The molecule has 1 aliphatic rings. The van der Waals surface area contributed by atoms with Crippen LogP contribution in [0.2, 0.25) is 0 Å². The Morgan fingerprint density at radius 1 is 1.48 bits per heavy atom. The zero-order valence-corrected chi connectivity index (χ0v) is 14.6. The average Bonchev–Trinajstić information content (AvgIpc) is 3.24. The summed E-state index contributed by atoms with van der Waals surface area (Å²) in [5, 5.41) is 13.2. The number of ether oxygens (including phenoxy) is 1. The number of benzene rings is 1. The molecule has 1 aromatic heterocycles. The third kappa shape index (κ3) is 3.89. The maximum atomic E-state index is 12.5. The average molecular weight is 338 g/mol. The molecule has 1 fully saturated rings. The van der Waals surface area contributed by atoms with Crippen molar-refractivity contribution in [3.05, 3.63) is 47.3 Å². The molecule has 0 radical (unpaired) electrons. The van der Waals surface area contributed by atoms with E-state index in [0.29, 0.717) is 24.1 Å². The van der Waals surface area contributed by atoms with Crippen LogP contribution in [0, 0.1) is 11.3 Å². The Labute approximate surface area is 147 Å². The van der Waals surface area contributed by atoms with E-state index in [-0.39, 0.29) is 11.8 Å². The summed E-state index contributed by atoms with van der Waals surface area (Å²) in [5.74, 6) is 0.908. The van der Waals surface area contributed by atoms with E-state index in [1.807, 2.05) is 19.2 Å². The van der Waals surface area contributed by atoms with Gasteiger partial charge < -0.3 is 4.74 Å². The van der Waals surface area contributed by atoms with Gasteiger partial charge in [0.25, 0.3) is 0 Å². The molecule has 25 heavy (non-hydrogen) atoms. The molecule has 6 nitrogen and oxygen atoms in total. The summed E-state index contributed by atoms with van der Waals surface area (Å²) in [4.78, 5) is 14.8. The van der Waals surface area contributed by atoms with Crippen LogP contribution in [0.5, 0.6) is 5.75 Å². The fraction of sp³-hybridized carbons (Fsp3) is 0.421. The highest BCUT2D eigenvalue weighted by atomic mass is 16.5. The van der Waals surface area contributed by atoms with Crippen LogP contribution in [0.15, 0.2) is 30.6 Å². The number of nitriles is 1. The van der Waals surface area contributed by atoms with Crippen LogP contribution in [0.3, 0.4) is 0 Å². The van der Waals surface area contributed by atoms with Gasteiger partial charge in [0.1, 0.15) is 5.75 Å². The lowest BCUT2D eigenvalue weighted by Crippen LogP contribution is -2.31. The number of carbonyl (C=O) groups excluding carboxylic acids is 1. The van der Waals surface area contributed by atoms with E-state index in [2.05, 4.69) is 16.1 Å². The summed E-state index contributed by atoms with van der Waals surface area (Å²) in [7, 11) is 3.45. The number of nitrogens with zero attached hydrogens (tertiary/aromatic N) is 4. The molecular weight excluding hydrogens is 316 g/mol. The quantitative estimate of drug-likeness (QED) is 0.757. The Morgan fingerprint density at radius 2 is 2.32 bits per heavy atom. The van der Waals surface area contributed by atoms with E-state index in [4.69, 9.17) is 10.00 Å². The molecule has 2 heterocycles. The molecule has 1 unspecified atom stereocenters. The number of methoxy groups -OCH3 is 1. The van der Waals surface area contributed by atoms with Gasteiger partial charge in [-0.15, -0.1) is 0 Å². The van der Waals surface area contributed by atoms with Gasteiger partial charge in [-0.1, -0.05) is 0 Å². The molecule has 1 saturated heterocycles. The van der Waals surface area contributed by atoms with Gasteiger partial charge in [-0.05, 0) is 37.6 Å². The molecule has 0 saturated carbocycles. The highest BCUT2D eigenvalue weighted by molar-refractivity contribution is 5.96. The van der Waals surface area contributed by atoms with Gasteiger partial charge in [0, 0.05) is 37.8 Å². The zero-order chi connectivity index (χ0) is 17.8. The number of carbonyl (C=O) groups is 1. The molecule has 1 aromatic carbocycles. The van der Waals surface area contributed by atoms with Crippen molar-refractivity contribution in [3.63, 3.8) is 0 Å². The number of hydrogen-bond donors (Lipinski definition) is 0. The molecule has 130 valence electrons. The number of likely N-dealkylation sites (tertiary alicyclic amines) is 1. The van der Waals surface area contributed by atoms with Crippen LogP contribution < -0.4 is 4.74 Å². The molecule has 0 N–H and O–H groups in total. The van der Waals surface area contributed by atoms with Crippen LogP contribution >= 0.6 is 0 Å². The van der Waals surface area contributed by atoms with Gasteiger partial charge in [0.05, 0.1) is 30.5 Å². The molecule has 0 spiro atoms. The largest absolute Gasteiger partial charge is 0.496 e. The Hall–Kier alpha value is -2.65. The van der Waals surface area contributed by atoms with Crippen molar-refractivity contribution in [2.45, 2.75) is 31.8 Å². The molecule has 6 heteroatoms. The number of aromatic nitrogens is 2. The second-order valence-electron chi connectivity index (χ2n) is 6.43. The minimum absolute atomic E-state index is 0.128. The molecular formula is C19H22N4O2. The first-order chi connectivity index (χ1) is 12.1. The Balaban J connectivity index is 1.72. The minimum Gasteiger partial charge on any atom is -0.496 e.